The second-order valence-corrected chi connectivity index (χ2v) is 30.1. The number of hydrogen-bond donors (Lipinski definition) is 11. The Hall–Kier alpha value is -8.73. The minimum Gasteiger partial charge on any atom is -0.445 e. The Morgan fingerprint density at radius 2 is 1.39 bits per heavy atom. The number of benzene rings is 1. The van der Waals surface area contributed by atoms with Crippen molar-refractivity contribution in [1.29, 1.82) is 0 Å². The third-order valence-electron chi connectivity index (χ3n) is 15.5. The number of aromatic nitrogens is 11. The van der Waals surface area contributed by atoms with Crippen molar-refractivity contribution >= 4 is 125 Å². The van der Waals surface area contributed by atoms with Crippen LogP contribution in [0.2, 0.25) is 0 Å². The molecule has 3 fully saturated rings. The lowest BCUT2D eigenvalue weighted by atomic mass is 9.95. The highest BCUT2D eigenvalue weighted by Gasteiger charge is 2.56. The van der Waals surface area contributed by atoms with E-state index in [1.165, 1.54) is 51.7 Å². The van der Waals surface area contributed by atoms with Gasteiger partial charge in [-0.15, -0.1) is 5.10 Å². The number of imidazole rings is 2. The molecule has 39 nitrogen and oxygen atoms in total. The first-order valence-corrected chi connectivity index (χ1v) is 36.4. The van der Waals surface area contributed by atoms with Crippen molar-refractivity contribution in [2.45, 2.75) is 141 Å². The number of nitrogen functional groups attached to an aromatic ring is 2. The van der Waals surface area contributed by atoms with E-state index in [2.05, 4.69) is 96.6 Å². The number of hydrogen-bond acceptors (Lipinski definition) is 29. The predicted octanol–water partition coefficient (Wildman–Crippen LogP) is 2.66. The SMILES string of the molecule is CC(=O)CCNC(=O)CCc1cn(CC(=O)N[C@H](C(=O)N[C@@H](CCCNC(N)=O)C(=O)Nc2ccc(COC(=O)NCC(C)(C)COC(=O)O[C@@H]3[C@@H]4O[P@](=O)(S)OCC5O[C@@H](n6cnc7c(N)ncnc76)[C@H](F)[C@@H]5O[P@](=O)(S)OC[C@H]4O[C@H]3n3cnc4c(N)ncnc43)cc2)C(C)C)nn1. The molecule has 8 heterocycles. The lowest BCUT2D eigenvalue weighted by molar-refractivity contribution is -0.132. The lowest BCUT2D eigenvalue weighted by Gasteiger charge is -2.29. The van der Waals surface area contributed by atoms with Gasteiger partial charge in [-0.2, -0.15) is 0 Å². The maximum Gasteiger partial charge on any atom is 0.508 e. The van der Waals surface area contributed by atoms with Crippen molar-refractivity contribution in [1.82, 2.24) is 80.6 Å². The fourth-order valence-corrected chi connectivity index (χ4v) is 13.3. The number of ketones is 1. The van der Waals surface area contributed by atoms with Gasteiger partial charge in [0.25, 0.3) is 0 Å². The number of carbonyl (C=O) groups is 8. The average molecular weight is 1480 g/mol. The van der Waals surface area contributed by atoms with Gasteiger partial charge in [0.15, 0.2) is 47.7 Å². The second kappa shape index (κ2) is 33.2. The van der Waals surface area contributed by atoms with Crippen LogP contribution in [0.3, 0.4) is 0 Å². The molecular weight excluding hydrogens is 1400 g/mol. The number of primary amides is 1. The number of aryl methyl sites for hydroxylation is 1. The van der Waals surface area contributed by atoms with E-state index < -0.39 is 142 Å². The molecule has 6 aromatic rings. The van der Waals surface area contributed by atoms with Gasteiger partial charge in [-0.05, 0) is 43.4 Å². The van der Waals surface area contributed by atoms with Gasteiger partial charge in [0.05, 0.1) is 31.6 Å². The summed E-state index contributed by atoms with van der Waals surface area (Å²) in [5, 5.41) is 23.8. The minimum atomic E-state index is -4.66. The molecule has 3 saturated heterocycles. The molecule has 0 radical (unpaired) electrons. The van der Waals surface area contributed by atoms with Crippen LogP contribution in [-0.2, 0) is 94.5 Å². The number of urea groups is 1. The highest BCUT2D eigenvalue weighted by molar-refractivity contribution is 8.44. The molecule has 542 valence electrons. The monoisotopic (exact) mass is 1480 g/mol. The summed E-state index contributed by atoms with van der Waals surface area (Å²) in [4.78, 5) is 127. The number of ether oxygens (including phenoxy) is 5. The van der Waals surface area contributed by atoms with E-state index in [1.54, 1.807) is 39.8 Å². The Morgan fingerprint density at radius 3 is 2.02 bits per heavy atom. The maximum absolute atomic E-state index is 16.5. The first kappa shape index (κ1) is 75.5. The quantitative estimate of drug-likeness (QED) is 0.0153. The predicted molar refractivity (Wildman–Crippen MR) is 352 cm³/mol. The molecule has 5 aromatic heterocycles. The van der Waals surface area contributed by atoms with E-state index in [-0.39, 0.29) is 111 Å². The number of nitrogens with one attached hydrogen (secondary N) is 6. The van der Waals surface area contributed by atoms with Gasteiger partial charge in [0.1, 0.15) is 85.7 Å². The molecule has 0 spiro atoms. The molecule has 7 amide bonds. The summed E-state index contributed by atoms with van der Waals surface area (Å²) in [6.07, 6.45) is -8.50. The number of amides is 7. The number of halogens is 1. The van der Waals surface area contributed by atoms with Crippen molar-refractivity contribution < 1.29 is 93.7 Å². The number of nitrogens with zero attached hydrogens (tertiary/aromatic N) is 11. The minimum absolute atomic E-state index is 0.00376. The van der Waals surface area contributed by atoms with Crippen molar-refractivity contribution in [3.63, 3.8) is 0 Å². The highest BCUT2D eigenvalue weighted by atomic mass is 32.7. The van der Waals surface area contributed by atoms with Crippen molar-refractivity contribution in [3.8, 4) is 0 Å². The number of rotatable bonds is 27. The summed E-state index contributed by atoms with van der Waals surface area (Å²) in [5.41, 5.74) is 17.9. The number of thiol groups is 2. The number of fused-ring (bicyclic) bond motifs is 4. The molecule has 1 aromatic carbocycles. The molecule has 0 aliphatic carbocycles. The standard InChI is InChI=1S/C56H75FN20O19P2S2/c1-28(2)39(72-37(80)18-75-17-32(73-74-75)12-13-36(79)61-16-14-29(3)78)50(82)71-33(7-6-15-62-53(60)83)49(81)70-31-10-8-30(9-11-31)19-88-54(84)63-22-56(4,5)23-89-55(85)94-44-43-35(93-52(44)77-27-69-41-46(59)65-25-67-48(41)77)21-91-97(86,99)95-42-34(20-90-98(87,100)96-43)92-51(38(42)57)76-26-68-40-45(58)64-24-66-47(40)76/h8-11,17,24-28,33-35,38-39,42-44,51-52H,6-7,12-16,18-23H2,1-5H3,(H,61,79)(H,63,84)(H,70,81)(H,71,82)(H,72,80)(H,86,99)(H,87,100)(H2,58,64,66)(H2,59,65,67)(H3,60,62,83)/t33-,34?,35+,38+,39-,42+,43+,44+,51+,52+,97+,98+/m0/s1. The van der Waals surface area contributed by atoms with E-state index in [0.717, 1.165) is 12.7 Å². The number of alkyl halides is 1. The van der Waals surface area contributed by atoms with Gasteiger partial charge in [0.2, 0.25) is 23.6 Å². The smallest absolute Gasteiger partial charge is 0.445 e. The number of carbonyl (C=O) groups excluding carboxylic acids is 8. The molecule has 0 saturated carbocycles. The number of alkyl carbamates (subject to hydrolysis) is 1. The van der Waals surface area contributed by atoms with Crippen LogP contribution in [0.4, 0.5) is 36.1 Å². The molecule has 12 atom stereocenters. The fraction of sp³-hybridized carbons (Fsp3) is 0.536. The Balaban J connectivity index is 0.773. The first-order chi connectivity index (χ1) is 47.4. The van der Waals surface area contributed by atoms with Crippen LogP contribution in [0.15, 0.2) is 55.8 Å². The van der Waals surface area contributed by atoms with Gasteiger partial charge in [-0.25, -0.2) is 62.5 Å². The molecule has 3 aliphatic rings. The van der Waals surface area contributed by atoms with Gasteiger partial charge in [-0.3, -0.25) is 51.2 Å². The lowest BCUT2D eigenvalue weighted by Crippen LogP contribution is -2.55. The Kier molecular flexibility index (Phi) is 25.0. The van der Waals surface area contributed by atoms with Gasteiger partial charge < -0.3 is 72.8 Å². The van der Waals surface area contributed by atoms with E-state index in [4.69, 9.17) is 59.0 Å². The van der Waals surface area contributed by atoms with Crippen LogP contribution >= 0.6 is 38.1 Å². The Labute approximate surface area is 578 Å². The number of anilines is 3. The second-order valence-electron chi connectivity index (χ2n) is 24.3. The van der Waals surface area contributed by atoms with Crippen molar-refractivity contribution in [2.75, 3.05) is 56.2 Å². The van der Waals surface area contributed by atoms with Crippen LogP contribution in [0, 0.1) is 11.3 Å². The third kappa shape index (κ3) is 20.3. The van der Waals surface area contributed by atoms with Crippen LogP contribution < -0.4 is 49.1 Å². The number of nitrogens with two attached hydrogens (primary N) is 3. The summed E-state index contributed by atoms with van der Waals surface area (Å²) in [6.45, 7) is -3.50. The van der Waals surface area contributed by atoms with Crippen LogP contribution in [-0.4, -0.2) is 190 Å². The first-order valence-electron chi connectivity index (χ1n) is 31.0. The summed E-state index contributed by atoms with van der Waals surface area (Å²) < 4.78 is 101. The van der Waals surface area contributed by atoms with Gasteiger partial charge in [-0.1, -0.05) is 69.5 Å². The summed E-state index contributed by atoms with van der Waals surface area (Å²) in [7, 11) is 0. The van der Waals surface area contributed by atoms with Crippen LogP contribution in [0.5, 0.6) is 0 Å². The van der Waals surface area contributed by atoms with E-state index in [9.17, 15) is 47.5 Å². The molecule has 12 N–H and O–H groups in total. The summed E-state index contributed by atoms with van der Waals surface area (Å²) in [5.74, 6) is -2.74. The topological polar surface area (TPSA) is 522 Å². The summed E-state index contributed by atoms with van der Waals surface area (Å²) >= 11 is 8.35. The third-order valence-corrected chi connectivity index (χ3v) is 18.7. The average Bonchev–Trinajstić information content (AvgIpc) is 1.61. The Morgan fingerprint density at radius 1 is 0.770 bits per heavy atom. The number of Topliss-reactive ketones (excluding diaryl/α,β-unsaturated/α-hetero) is 1. The normalized spacial score (nSPS) is 23.7. The molecule has 100 heavy (non-hydrogen) atoms. The van der Waals surface area contributed by atoms with Gasteiger partial charge in [0, 0.05) is 56.2 Å². The molecule has 9 rings (SSSR count). The Bertz CT molecular complexity index is 4060. The van der Waals surface area contributed by atoms with E-state index in [0.29, 0.717) is 16.9 Å². The molecular formula is C56H75FN20O19P2S2. The van der Waals surface area contributed by atoms with Crippen molar-refractivity contribution in [2.24, 2.45) is 17.1 Å². The molecule has 3 aliphatic heterocycles. The molecule has 1 unspecified atom stereocenters. The summed E-state index contributed by atoms with van der Waals surface area (Å²) in [6, 6.07) is 3.12. The van der Waals surface area contributed by atoms with E-state index >= 15 is 4.39 Å². The largest absolute Gasteiger partial charge is 0.508 e. The molecule has 44 heteroatoms. The van der Waals surface area contributed by atoms with Gasteiger partial charge >= 0.3 is 31.9 Å². The van der Waals surface area contributed by atoms with E-state index in [1.807, 2.05) is 0 Å². The van der Waals surface area contributed by atoms with Crippen LogP contribution in [0.25, 0.3) is 22.3 Å². The van der Waals surface area contributed by atoms with Crippen molar-refractivity contribution in [3.05, 3.63) is 67.0 Å². The zero-order chi connectivity index (χ0) is 72.2. The zero-order valence-corrected chi connectivity index (χ0v) is 57.9. The fourth-order valence-electron chi connectivity index (χ4n) is 10.4. The van der Waals surface area contributed by atoms with Crippen LogP contribution in [0.1, 0.15) is 84.0 Å². The highest BCUT2D eigenvalue weighted by Crippen LogP contribution is 2.61. The maximum atomic E-state index is 16.5. The molecule has 0 bridgehead atoms. The zero-order valence-electron chi connectivity index (χ0n) is 54.3.